The second-order valence-electron chi connectivity index (χ2n) is 10.3. The molecule has 2 saturated carbocycles. The summed E-state index contributed by atoms with van der Waals surface area (Å²) in [5.41, 5.74) is 0. The van der Waals surface area contributed by atoms with Crippen molar-refractivity contribution < 1.29 is 9.53 Å². The number of ether oxygens (including phenoxy) is 1. The lowest BCUT2D eigenvalue weighted by Crippen LogP contribution is -2.30. The number of carbonyl (C=O) groups is 1. The molecule has 29 heavy (non-hydrogen) atoms. The first-order valence-electron chi connectivity index (χ1n) is 13.3. The highest BCUT2D eigenvalue weighted by Gasteiger charge is 2.30. The third-order valence-electron chi connectivity index (χ3n) is 7.69. The predicted molar refractivity (Wildman–Crippen MR) is 124 cm³/mol. The Bertz CT molecular complexity index is 416. The Kier molecular flexibility index (Phi) is 12.5. The summed E-state index contributed by atoms with van der Waals surface area (Å²) in [6.07, 6.45) is 23.4. The topological polar surface area (TPSA) is 26.3 Å². The molecule has 0 aromatic carbocycles. The molecule has 2 heteroatoms. The zero-order chi connectivity index (χ0) is 20.9. The van der Waals surface area contributed by atoms with E-state index in [0.29, 0.717) is 29.8 Å². The van der Waals surface area contributed by atoms with Crippen molar-refractivity contribution in [2.75, 3.05) is 0 Å². The summed E-state index contributed by atoms with van der Waals surface area (Å²) < 4.78 is 6.29. The van der Waals surface area contributed by atoms with Crippen molar-refractivity contribution >= 4 is 5.78 Å². The molecule has 0 spiro atoms. The SMILES string of the molecule is CCCCCCC(C)OC1CCC(C(=O)CC2CCC(CCCCC)CC2)CC1. The third-order valence-corrected chi connectivity index (χ3v) is 7.69. The maximum absolute atomic E-state index is 12.8. The van der Waals surface area contributed by atoms with Crippen LogP contribution in [-0.2, 0) is 9.53 Å². The van der Waals surface area contributed by atoms with Gasteiger partial charge in [-0.05, 0) is 63.7 Å². The summed E-state index contributed by atoms with van der Waals surface area (Å²) in [7, 11) is 0. The van der Waals surface area contributed by atoms with E-state index in [1.54, 1.807) is 0 Å². The second-order valence-corrected chi connectivity index (χ2v) is 10.3. The fourth-order valence-electron chi connectivity index (χ4n) is 5.63. The van der Waals surface area contributed by atoms with Crippen molar-refractivity contribution in [3.05, 3.63) is 0 Å². The Labute approximate surface area is 181 Å². The highest BCUT2D eigenvalue weighted by molar-refractivity contribution is 5.81. The quantitative estimate of drug-likeness (QED) is 0.271. The van der Waals surface area contributed by atoms with Crippen LogP contribution in [0.5, 0.6) is 0 Å². The van der Waals surface area contributed by atoms with E-state index in [1.165, 1.54) is 83.5 Å². The Balaban J connectivity index is 1.56. The Morgan fingerprint density at radius 2 is 1.41 bits per heavy atom. The van der Waals surface area contributed by atoms with Crippen molar-refractivity contribution in [2.24, 2.45) is 17.8 Å². The molecule has 1 atom stereocenters. The minimum absolute atomic E-state index is 0.331. The van der Waals surface area contributed by atoms with E-state index in [4.69, 9.17) is 4.74 Å². The maximum Gasteiger partial charge on any atom is 0.136 e. The van der Waals surface area contributed by atoms with Crippen molar-refractivity contribution in [2.45, 2.75) is 149 Å². The Morgan fingerprint density at radius 1 is 0.793 bits per heavy atom. The van der Waals surface area contributed by atoms with Crippen LogP contribution in [0.1, 0.15) is 136 Å². The van der Waals surface area contributed by atoms with Gasteiger partial charge in [0.15, 0.2) is 0 Å². The molecule has 0 amide bonds. The van der Waals surface area contributed by atoms with Crippen LogP contribution in [0.15, 0.2) is 0 Å². The van der Waals surface area contributed by atoms with Gasteiger partial charge in [-0.3, -0.25) is 4.79 Å². The fourth-order valence-corrected chi connectivity index (χ4v) is 5.63. The summed E-state index contributed by atoms with van der Waals surface area (Å²) in [6, 6.07) is 0. The van der Waals surface area contributed by atoms with Gasteiger partial charge < -0.3 is 4.74 Å². The van der Waals surface area contributed by atoms with E-state index in [-0.39, 0.29) is 0 Å². The molecule has 2 aliphatic rings. The molecule has 0 aromatic heterocycles. The number of rotatable bonds is 14. The molecule has 2 rings (SSSR count). The largest absolute Gasteiger partial charge is 0.375 e. The summed E-state index contributed by atoms with van der Waals surface area (Å²) in [5.74, 6) is 2.54. The van der Waals surface area contributed by atoms with E-state index in [0.717, 1.165) is 38.0 Å². The van der Waals surface area contributed by atoms with Crippen LogP contribution in [0.2, 0.25) is 0 Å². The molecule has 1 unspecified atom stereocenters. The van der Waals surface area contributed by atoms with Gasteiger partial charge in [-0.25, -0.2) is 0 Å². The number of carbonyl (C=O) groups excluding carboxylic acids is 1. The van der Waals surface area contributed by atoms with Crippen molar-refractivity contribution in [3.63, 3.8) is 0 Å². The summed E-state index contributed by atoms with van der Waals surface area (Å²) >= 11 is 0. The number of Topliss-reactive ketones (excluding diaryl/α,β-unsaturated/α-hetero) is 1. The van der Waals surface area contributed by atoms with Crippen molar-refractivity contribution in [1.82, 2.24) is 0 Å². The van der Waals surface area contributed by atoms with Gasteiger partial charge in [0.05, 0.1) is 12.2 Å². The summed E-state index contributed by atoms with van der Waals surface area (Å²) in [5, 5.41) is 0. The van der Waals surface area contributed by atoms with Gasteiger partial charge in [-0.15, -0.1) is 0 Å². The van der Waals surface area contributed by atoms with Crippen LogP contribution in [-0.4, -0.2) is 18.0 Å². The molecule has 0 bridgehead atoms. The average Bonchev–Trinajstić information content (AvgIpc) is 2.73. The second kappa shape index (κ2) is 14.6. The molecule has 0 aromatic rings. The molecular formula is C27H50O2. The van der Waals surface area contributed by atoms with E-state index >= 15 is 0 Å². The van der Waals surface area contributed by atoms with Crippen LogP contribution >= 0.6 is 0 Å². The molecule has 0 heterocycles. The molecule has 2 nitrogen and oxygen atoms in total. The van der Waals surface area contributed by atoms with E-state index in [2.05, 4.69) is 20.8 Å². The first kappa shape index (κ1) is 24.9. The number of unbranched alkanes of at least 4 members (excludes halogenated alkanes) is 5. The van der Waals surface area contributed by atoms with Crippen LogP contribution in [0.25, 0.3) is 0 Å². The van der Waals surface area contributed by atoms with Crippen molar-refractivity contribution in [1.29, 1.82) is 0 Å². The van der Waals surface area contributed by atoms with Crippen molar-refractivity contribution in [3.8, 4) is 0 Å². The summed E-state index contributed by atoms with van der Waals surface area (Å²) in [6.45, 7) is 6.79. The van der Waals surface area contributed by atoms with E-state index in [1.807, 2.05) is 0 Å². The molecule has 0 aliphatic heterocycles. The first-order chi connectivity index (χ1) is 14.1. The molecule has 2 fully saturated rings. The van der Waals surface area contributed by atoms with E-state index < -0.39 is 0 Å². The highest BCUT2D eigenvalue weighted by atomic mass is 16.5. The lowest BCUT2D eigenvalue weighted by molar-refractivity contribution is -0.126. The highest BCUT2D eigenvalue weighted by Crippen LogP contribution is 2.36. The molecule has 2 aliphatic carbocycles. The van der Waals surface area contributed by atoms with Crippen LogP contribution in [0.3, 0.4) is 0 Å². The minimum atomic E-state index is 0.331. The van der Waals surface area contributed by atoms with Gasteiger partial charge in [0.2, 0.25) is 0 Å². The molecule has 0 N–H and O–H groups in total. The number of hydrogen-bond acceptors (Lipinski definition) is 2. The number of ketones is 1. The number of hydrogen-bond donors (Lipinski definition) is 0. The lowest BCUT2D eigenvalue weighted by atomic mass is 9.75. The van der Waals surface area contributed by atoms with Gasteiger partial charge in [0.1, 0.15) is 5.78 Å². The molecule has 170 valence electrons. The average molecular weight is 407 g/mol. The molecule has 0 radical (unpaired) electrons. The standard InChI is InChI=1S/C27H50O2/c1-4-6-8-10-11-22(3)29-26-19-17-25(18-20-26)27(28)21-24-15-13-23(14-16-24)12-9-7-5-2/h22-26H,4-21H2,1-3H3. The normalized spacial score (nSPS) is 28.9. The lowest BCUT2D eigenvalue weighted by Gasteiger charge is -2.32. The maximum atomic E-state index is 12.8. The van der Waals surface area contributed by atoms with Crippen LogP contribution in [0.4, 0.5) is 0 Å². The third kappa shape index (κ3) is 9.99. The van der Waals surface area contributed by atoms with Crippen LogP contribution < -0.4 is 0 Å². The fraction of sp³-hybridized carbons (Fsp3) is 0.963. The van der Waals surface area contributed by atoms with Gasteiger partial charge in [-0.1, -0.05) is 78.1 Å². The first-order valence-corrected chi connectivity index (χ1v) is 13.3. The predicted octanol–water partition coefficient (Wildman–Crippen LogP) is 8.27. The Morgan fingerprint density at radius 3 is 2.07 bits per heavy atom. The van der Waals surface area contributed by atoms with Gasteiger partial charge in [-0.2, -0.15) is 0 Å². The zero-order valence-corrected chi connectivity index (χ0v) is 19.9. The monoisotopic (exact) mass is 406 g/mol. The molecule has 0 saturated heterocycles. The Hall–Kier alpha value is -0.370. The molecular weight excluding hydrogens is 356 g/mol. The summed E-state index contributed by atoms with van der Waals surface area (Å²) in [4.78, 5) is 12.8. The van der Waals surface area contributed by atoms with Crippen LogP contribution in [0, 0.1) is 17.8 Å². The van der Waals surface area contributed by atoms with Gasteiger partial charge in [0.25, 0.3) is 0 Å². The van der Waals surface area contributed by atoms with Gasteiger partial charge in [0, 0.05) is 12.3 Å². The zero-order valence-electron chi connectivity index (χ0n) is 19.9. The van der Waals surface area contributed by atoms with E-state index in [9.17, 15) is 4.79 Å². The smallest absolute Gasteiger partial charge is 0.136 e. The van der Waals surface area contributed by atoms with Gasteiger partial charge >= 0.3 is 0 Å². The minimum Gasteiger partial charge on any atom is -0.375 e.